The van der Waals surface area contributed by atoms with Gasteiger partial charge in [0.25, 0.3) is 0 Å². The number of nitrogens with zero attached hydrogens (tertiary/aromatic N) is 2. The molecular formula is C12H21N3O3S. The second-order valence-corrected chi connectivity index (χ2v) is 6.28. The zero-order chi connectivity index (χ0) is 13.8. The third kappa shape index (κ3) is 3.76. The van der Waals surface area contributed by atoms with E-state index in [9.17, 15) is 9.59 Å². The Morgan fingerprint density at radius 3 is 2.95 bits per heavy atom. The second-order valence-electron chi connectivity index (χ2n) is 5.28. The van der Waals surface area contributed by atoms with Crippen molar-refractivity contribution in [1.82, 2.24) is 15.1 Å². The number of urea groups is 1. The summed E-state index contributed by atoms with van der Waals surface area (Å²) in [5.41, 5.74) is 0. The molecule has 7 heteroatoms. The van der Waals surface area contributed by atoms with E-state index in [4.69, 9.17) is 5.11 Å². The summed E-state index contributed by atoms with van der Waals surface area (Å²) < 4.78 is 0. The SMILES string of the molecule is CN1CCCC(CNC(=O)N2CSCC2C(=O)O)C1. The van der Waals surface area contributed by atoms with E-state index < -0.39 is 12.0 Å². The highest BCUT2D eigenvalue weighted by atomic mass is 32.2. The van der Waals surface area contributed by atoms with Crippen molar-refractivity contribution in [2.24, 2.45) is 5.92 Å². The Kier molecular flexibility index (Phi) is 4.93. The molecule has 6 nitrogen and oxygen atoms in total. The smallest absolute Gasteiger partial charge is 0.327 e. The van der Waals surface area contributed by atoms with Crippen LogP contribution in [0.25, 0.3) is 0 Å². The summed E-state index contributed by atoms with van der Waals surface area (Å²) in [4.78, 5) is 26.7. The highest BCUT2D eigenvalue weighted by Crippen LogP contribution is 2.21. The van der Waals surface area contributed by atoms with Gasteiger partial charge in [0.1, 0.15) is 6.04 Å². The summed E-state index contributed by atoms with van der Waals surface area (Å²) in [5.74, 6) is 0.501. The number of piperidine rings is 1. The van der Waals surface area contributed by atoms with Crippen LogP contribution in [0.1, 0.15) is 12.8 Å². The van der Waals surface area contributed by atoms with Gasteiger partial charge in [0, 0.05) is 18.8 Å². The minimum atomic E-state index is -0.919. The highest BCUT2D eigenvalue weighted by Gasteiger charge is 2.34. The zero-order valence-corrected chi connectivity index (χ0v) is 12.0. The van der Waals surface area contributed by atoms with E-state index in [1.807, 2.05) is 0 Å². The highest BCUT2D eigenvalue weighted by molar-refractivity contribution is 7.99. The van der Waals surface area contributed by atoms with Gasteiger partial charge < -0.3 is 20.2 Å². The normalized spacial score (nSPS) is 28.4. The van der Waals surface area contributed by atoms with Crippen molar-refractivity contribution in [2.45, 2.75) is 18.9 Å². The monoisotopic (exact) mass is 287 g/mol. The van der Waals surface area contributed by atoms with Crippen molar-refractivity contribution in [1.29, 1.82) is 0 Å². The van der Waals surface area contributed by atoms with Crippen LogP contribution >= 0.6 is 11.8 Å². The first kappa shape index (κ1) is 14.5. The maximum absolute atomic E-state index is 12.0. The molecule has 0 spiro atoms. The van der Waals surface area contributed by atoms with Crippen molar-refractivity contribution in [3.63, 3.8) is 0 Å². The Morgan fingerprint density at radius 2 is 2.26 bits per heavy atom. The van der Waals surface area contributed by atoms with E-state index in [0.29, 0.717) is 24.1 Å². The summed E-state index contributed by atoms with van der Waals surface area (Å²) in [7, 11) is 2.09. The van der Waals surface area contributed by atoms with Gasteiger partial charge in [-0.25, -0.2) is 9.59 Å². The van der Waals surface area contributed by atoms with Crippen LogP contribution in [-0.2, 0) is 4.79 Å². The number of hydrogen-bond donors (Lipinski definition) is 2. The Morgan fingerprint density at radius 1 is 1.47 bits per heavy atom. The molecule has 2 aliphatic rings. The van der Waals surface area contributed by atoms with E-state index in [-0.39, 0.29) is 6.03 Å². The van der Waals surface area contributed by atoms with Gasteiger partial charge >= 0.3 is 12.0 Å². The van der Waals surface area contributed by atoms with Crippen LogP contribution in [-0.4, -0.2) is 71.3 Å². The molecule has 0 aromatic heterocycles. The molecule has 2 N–H and O–H groups in total. The molecule has 2 atom stereocenters. The molecule has 0 aromatic carbocycles. The average molecular weight is 287 g/mol. The third-order valence-electron chi connectivity index (χ3n) is 3.69. The lowest BCUT2D eigenvalue weighted by Gasteiger charge is -2.30. The lowest BCUT2D eigenvalue weighted by molar-refractivity contribution is -0.140. The fourth-order valence-electron chi connectivity index (χ4n) is 2.62. The predicted octanol–water partition coefficient (Wildman–Crippen LogP) is 0.497. The van der Waals surface area contributed by atoms with Crippen LogP contribution in [0, 0.1) is 5.92 Å². The molecule has 108 valence electrons. The average Bonchev–Trinajstić information content (AvgIpc) is 2.85. The molecule has 2 amide bonds. The number of thioether (sulfide) groups is 1. The topological polar surface area (TPSA) is 72.9 Å². The summed E-state index contributed by atoms with van der Waals surface area (Å²) in [6.45, 7) is 2.75. The summed E-state index contributed by atoms with van der Waals surface area (Å²) in [6, 6.07) is -0.926. The number of carboxylic acid groups (broad SMARTS) is 1. The molecule has 19 heavy (non-hydrogen) atoms. The summed E-state index contributed by atoms with van der Waals surface area (Å²) in [5, 5.41) is 11.9. The van der Waals surface area contributed by atoms with E-state index in [1.54, 1.807) is 0 Å². The maximum Gasteiger partial charge on any atom is 0.327 e. The van der Waals surface area contributed by atoms with Gasteiger partial charge in [-0.05, 0) is 32.4 Å². The molecule has 0 radical (unpaired) electrons. The summed E-state index contributed by atoms with van der Waals surface area (Å²) >= 11 is 1.48. The van der Waals surface area contributed by atoms with Gasteiger partial charge in [-0.1, -0.05) is 0 Å². The number of carbonyl (C=O) groups is 2. The number of aliphatic carboxylic acids is 1. The number of rotatable bonds is 3. The summed E-state index contributed by atoms with van der Waals surface area (Å²) in [6.07, 6.45) is 2.29. The van der Waals surface area contributed by atoms with Crippen LogP contribution in [0.5, 0.6) is 0 Å². The van der Waals surface area contributed by atoms with E-state index in [2.05, 4.69) is 17.3 Å². The van der Waals surface area contributed by atoms with Gasteiger partial charge in [-0.3, -0.25) is 0 Å². The molecule has 0 saturated carbocycles. The van der Waals surface area contributed by atoms with Gasteiger partial charge in [0.15, 0.2) is 0 Å². The van der Waals surface area contributed by atoms with Gasteiger partial charge in [0.2, 0.25) is 0 Å². The van der Waals surface area contributed by atoms with Crippen LogP contribution in [0.4, 0.5) is 4.79 Å². The largest absolute Gasteiger partial charge is 0.480 e. The fraction of sp³-hybridized carbons (Fsp3) is 0.833. The number of likely N-dealkylation sites (tertiary alicyclic amines) is 1. The molecule has 0 aromatic rings. The number of nitrogens with one attached hydrogen (secondary N) is 1. The van der Waals surface area contributed by atoms with Crippen LogP contribution in [0.15, 0.2) is 0 Å². The Balaban J connectivity index is 1.79. The Bertz CT molecular complexity index is 353. The number of hydrogen-bond acceptors (Lipinski definition) is 4. The molecule has 2 unspecified atom stereocenters. The second kappa shape index (κ2) is 6.47. The zero-order valence-electron chi connectivity index (χ0n) is 11.2. The Hall–Kier alpha value is -0.950. The van der Waals surface area contributed by atoms with Crippen molar-refractivity contribution in [2.75, 3.05) is 38.3 Å². The molecule has 2 saturated heterocycles. The number of carboxylic acids is 1. The number of amides is 2. The first-order valence-electron chi connectivity index (χ1n) is 6.61. The van der Waals surface area contributed by atoms with Crippen molar-refractivity contribution in [3.05, 3.63) is 0 Å². The molecule has 2 rings (SSSR count). The predicted molar refractivity (Wildman–Crippen MR) is 74.2 cm³/mol. The van der Waals surface area contributed by atoms with Gasteiger partial charge in [-0.2, -0.15) is 0 Å². The maximum atomic E-state index is 12.0. The molecule has 2 fully saturated rings. The first-order valence-corrected chi connectivity index (χ1v) is 7.77. The third-order valence-corrected chi connectivity index (χ3v) is 4.70. The standard InChI is InChI=1S/C12H21N3O3S/c1-14-4-2-3-9(6-14)5-13-12(18)15-8-19-7-10(15)11(16)17/h9-10H,2-8H2,1H3,(H,13,18)(H,16,17). The quantitative estimate of drug-likeness (QED) is 0.791. The lowest BCUT2D eigenvalue weighted by Crippen LogP contribution is -2.49. The van der Waals surface area contributed by atoms with Crippen LogP contribution < -0.4 is 5.32 Å². The fourth-order valence-corrected chi connectivity index (χ4v) is 3.77. The molecular weight excluding hydrogens is 266 g/mol. The van der Waals surface area contributed by atoms with Gasteiger partial charge in [0.05, 0.1) is 5.88 Å². The number of carbonyl (C=O) groups excluding carboxylic acids is 1. The minimum absolute atomic E-state index is 0.245. The first-order chi connectivity index (χ1) is 9.08. The molecule has 2 aliphatic heterocycles. The van der Waals surface area contributed by atoms with E-state index >= 15 is 0 Å². The van der Waals surface area contributed by atoms with E-state index in [1.165, 1.54) is 16.7 Å². The van der Waals surface area contributed by atoms with Crippen LogP contribution in [0.3, 0.4) is 0 Å². The van der Waals surface area contributed by atoms with E-state index in [0.717, 1.165) is 25.9 Å². The minimum Gasteiger partial charge on any atom is -0.480 e. The van der Waals surface area contributed by atoms with Crippen molar-refractivity contribution < 1.29 is 14.7 Å². The lowest BCUT2D eigenvalue weighted by atomic mass is 9.99. The molecule has 0 bridgehead atoms. The van der Waals surface area contributed by atoms with Crippen LogP contribution in [0.2, 0.25) is 0 Å². The molecule has 2 heterocycles. The van der Waals surface area contributed by atoms with Gasteiger partial charge in [-0.15, -0.1) is 11.8 Å². The molecule has 0 aliphatic carbocycles. The van der Waals surface area contributed by atoms with Crippen molar-refractivity contribution >= 4 is 23.8 Å². The van der Waals surface area contributed by atoms with Crippen molar-refractivity contribution in [3.8, 4) is 0 Å². The Labute approximate surface area is 117 Å².